The number of esters is 1. The fourth-order valence-electron chi connectivity index (χ4n) is 1.33. The summed E-state index contributed by atoms with van der Waals surface area (Å²) in [6, 6.07) is 7.62. The molecule has 0 aliphatic heterocycles. The Hall–Kier alpha value is -1.79. The monoisotopic (exact) mass is 232 g/mol. The second-order valence-electron chi connectivity index (χ2n) is 3.49. The Bertz CT molecular complexity index is 409. The lowest BCUT2D eigenvalue weighted by atomic mass is 10.1. The molecule has 0 saturated carbocycles. The van der Waals surface area contributed by atoms with Gasteiger partial charge in [0.25, 0.3) is 0 Å². The Balaban J connectivity index is 2.58. The summed E-state index contributed by atoms with van der Waals surface area (Å²) in [5, 5.41) is 8.70. The average Bonchev–Trinajstić information content (AvgIpc) is 2.35. The largest absolute Gasteiger partial charge is 0.456 e. The molecule has 1 aromatic carbocycles. The predicted octanol–water partition coefficient (Wildman–Crippen LogP) is 1.53. The van der Waals surface area contributed by atoms with E-state index in [1.54, 1.807) is 6.92 Å². The highest BCUT2D eigenvalue weighted by atomic mass is 16.5. The maximum Gasteiger partial charge on any atom is 0.384 e. The lowest BCUT2D eigenvalue weighted by Gasteiger charge is -1.98. The number of aliphatic hydroxyl groups excluding tert-OH is 1. The van der Waals surface area contributed by atoms with Crippen LogP contribution >= 0.6 is 0 Å². The number of carbonyl (C=O) groups is 1. The third-order valence-corrected chi connectivity index (χ3v) is 2.16. The summed E-state index contributed by atoms with van der Waals surface area (Å²) >= 11 is 0. The maximum absolute atomic E-state index is 11.0. The van der Waals surface area contributed by atoms with E-state index < -0.39 is 5.97 Å². The predicted molar refractivity (Wildman–Crippen MR) is 65.4 cm³/mol. The first-order valence-electron chi connectivity index (χ1n) is 5.65. The van der Waals surface area contributed by atoms with Crippen LogP contribution < -0.4 is 0 Å². The number of hydrogen-bond acceptors (Lipinski definition) is 3. The molecule has 0 unspecified atom stereocenters. The van der Waals surface area contributed by atoms with Crippen molar-refractivity contribution >= 4 is 5.97 Å². The SMILES string of the molecule is CCOC(=O)C#Cc1ccc(CCCO)cc1. The number of aliphatic hydroxyl groups is 1. The van der Waals surface area contributed by atoms with Crippen LogP contribution in [0.1, 0.15) is 24.5 Å². The van der Waals surface area contributed by atoms with Crippen molar-refractivity contribution in [2.45, 2.75) is 19.8 Å². The Kier molecular flexibility index (Phi) is 5.84. The molecule has 0 aromatic heterocycles. The first-order valence-corrected chi connectivity index (χ1v) is 5.65. The van der Waals surface area contributed by atoms with Crippen LogP contribution in [0.4, 0.5) is 0 Å². The van der Waals surface area contributed by atoms with Crippen LogP contribution in [-0.4, -0.2) is 24.3 Å². The van der Waals surface area contributed by atoms with Gasteiger partial charge in [-0.2, -0.15) is 0 Å². The van der Waals surface area contributed by atoms with Gasteiger partial charge in [-0.05, 0) is 37.5 Å². The van der Waals surface area contributed by atoms with Crippen LogP contribution in [0.15, 0.2) is 24.3 Å². The van der Waals surface area contributed by atoms with Gasteiger partial charge in [0.1, 0.15) is 0 Å². The van der Waals surface area contributed by atoms with Crippen LogP contribution in [-0.2, 0) is 16.0 Å². The fourth-order valence-corrected chi connectivity index (χ4v) is 1.33. The van der Waals surface area contributed by atoms with E-state index in [0.717, 1.165) is 24.0 Å². The van der Waals surface area contributed by atoms with Crippen molar-refractivity contribution in [2.24, 2.45) is 0 Å². The van der Waals surface area contributed by atoms with E-state index in [1.165, 1.54) is 0 Å². The topological polar surface area (TPSA) is 46.5 Å². The van der Waals surface area contributed by atoms with E-state index >= 15 is 0 Å². The minimum absolute atomic E-state index is 0.199. The highest BCUT2D eigenvalue weighted by Crippen LogP contribution is 2.05. The molecule has 17 heavy (non-hydrogen) atoms. The normalized spacial score (nSPS) is 9.29. The summed E-state index contributed by atoms with van der Waals surface area (Å²) in [6.45, 7) is 2.29. The summed E-state index contributed by atoms with van der Waals surface area (Å²) in [6.07, 6.45) is 1.61. The van der Waals surface area contributed by atoms with Crippen molar-refractivity contribution in [3.63, 3.8) is 0 Å². The van der Waals surface area contributed by atoms with Crippen LogP contribution in [0.2, 0.25) is 0 Å². The van der Waals surface area contributed by atoms with Gasteiger partial charge in [-0.15, -0.1) is 0 Å². The number of aryl methyl sites for hydroxylation is 1. The van der Waals surface area contributed by atoms with Crippen molar-refractivity contribution in [3.05, 3.63) is 35.4 Å². The molecule has 3 heteroatoms. The van der Waals surface area contributed by atoms with Gasteiger partial charge < -0.3 is 9.84 Å². The van der Waals surface area contributed by atoms with E-state index in [9.17, 15) is 4.79 Å². The van der Waals surface area contributed by atoms with E-state index in [4.69, 9.17) is 9.84 Å². The zero-order valence-electron chi connectivity index (χ0n) is 9.90. The van der Waals surface area contributed by atoms with Gasteiger partial charge in [0.05, 0.1) is 6.61 Å². The summed E-state index contributed by atoms with van der Waals surface area (Å²) < 4.78 is 4.70. The highest BCUT2D eigenvalue weighted by Gasteiger charge is 1.95. The molecule has 0 spiro atoms. The summed E-state index contributed by atoms with van der Waals surface area (Å²) in [4.78, 5) is 11.0. The quantitative estimate of drug-likeness (QED) is 0.632. The molecule has 0 aliphatic rings. The van der Waals surface area contributed by atoms with Gasteiger partial charge in [0.15, 0.2) is 0 Å². The molecule has 0 bridgehead atoms. The molecule has 0 radical (unpaired) electrons. The molecule has 0 atom stereocenters. The zero-order chi connectivity index (χ0) is 12.5. The summed E-state index contributed by atoms with van der Waals surface area (Å²) in [7, 11) is 0. The molecular formula is C14H16O3. The number of hydrogen-bond donors (Lipinski definition) is 1. The first-order chi connectivity index (χ1) is 8.26. The minimum Gasteiger partial charge on any atom is -0.456 e. The molecule has 1 N–H and O–H groups in total. The molecule has 3 nitrogen and oxygen atoms in total. The number of carbonyl (C=O) groups excluding carboxylic acids is 1. The maximum atomic E-state index is 11.0. The van der Waals surface area contributed by atoms with Gasteiger partial charge in [0.2, 0.25) is 0 Å². The van der Waals surface area contributed by atoms with Gasteiger partial charge >= 0.3 is 5.97 Å². The fraction of sp³-hybridized carbons (Fsp3) is 0.357. The molecule has 0 saturated heterocycles. The van der Waals surface area contributed by atoms with E-state index in [2.05, 4.69) is 11.8 Å². The van der Waals surface area contributed by atoms with E-state index in [0.29, 0.717) is 6.61 Å². The van der Waals surface area contributed by atoms with Crippen molar-refractivity contribution in [1.82, 2.24) is 0 Å². The molecule has 0 fully saturated rings. The Labute approximate surface area is 101 Å². The summed E-state index contributed by atoms with van der Waals surface area (Å²) in [5.41, 5.74) is 1.94. The highest BCUT2D eigenvalue weighted by molar-refractivity contribution is 5.89. The van der Waals surface area contributed by atoms with Crippen LogP contribution in [0.3, 0.4) is 0 Å². The lowest BCUT2D eigenvalue weighted by molar-refractivity contribution is -0.136. The Morgan fingerprint density at radius 1 is 1.35 bits per heavy atom. The first kappa shape index (κ1) is 13.3. The van der Waals surface area contributed by atoms with Crippen molar-refractivity contribution in [1.29, 1.82) is 0 Å². The van der Waals surface area contributed by atoms with Gasteiger partial charge in [0, 0.05) is 18.1 Å². The third kappa shape index (κ3) is 5.19. The Morgan fingerprint density at radius 2 is 2.06 bits per heavy atom. The van der Waals surface area contributed by atoms with Crippen LogP contribution in [0.25, 0.3) is 0 Å². The third-order valence-electron chi connectivity index (χ3n) is 2.16. The molecule has 0 aliphatic carbocycles. The van der Waals surface area contributed by atoms with E-state index in [-0.39, 0.29) is 6.61 Å². The zero-order valence-corrected chi connectivity index (χ0v) is 9.90. The van der Waals surface area contributed by atoms with Crippen molar-refractivity contribution < 1.29 is 14.6 Å². The van der Waals surface area contributed by atoms with Crippen molar-refractivity contribution in [2.75, 3.05) is 13.2 Å². The number of benzene rings is 1. The van der Waals surface area contributed by atoms with Crippen molar-refractivity contribution in [3.8, 4) is 11.8 Å². The molecule has 90 valence electrons. The van der Waals surface area contributed by atoms with E-state index in [1.807, 2.05) is 24.3 Å². The minimum atomic E-state index is -0.503. The second kappa shape index (κ2) is 7.48. The average molecular weight is 232 g/mol. The second-order valence-corrected chi connectivity index (χ2v) is 3.49. The molecule has 0 heterocycles. The van der Waals surface area contributed by atoms with Gasteiger partial charge in [-0.25, -0.2) is 4.79 Å². The Morgan fingerprint density at radius 3 is 2.65 bits per heavy atom. The van der Waals surface area contributed by atoms with Crippen LogP contribution in [0.5, 0.6) is 0 Å². The number of rotatable bonds is 4. The van der Waals surface area contributed by atoms with Gasteiger partial charge in [-0.3, -0.25) is 0 Å². The number of ether oxygens (including phenoxy) is 1. The molecule has 0 amide bonds. The summed E-state index contributed by atoms with van der Waals surface area (Å²) in [5.74, 6) is 4.65. The molecule has 1 rings (SSSR count). The molecule has 1 aromatic rings. The van der Waals surface area contributed by atoms with Crippen LogP contribution in [0, 0.1) is 11.8 Å². The smallest absolute Gasteiger partial charge is 0.384 e. The standard InChI is InChI=1S/C14H16O3/c1-2-17-14(16)10-9-13-7-5-12(6-8-13)4-3-11-15/h5-8,15H,2-4,11H2,1H3. The lowest BCUT2D eigenvalue weighted by Crippen LogP contribution is -1.99. The molecular weight excluding hydrogens is 216 g/mol. The van der Waals surface area contributed by atoms with Gasteiger partial charge in [-0.1, -0.05) is 18.1 Å².